The van der Waals surface area contributed by atoms with Gasteiger partial charge in [-0.05, 0) is 48.9 Å². The van der Waals surface area contributed by atoms with E-state index < -0.39 is 23.7 Å². The number of aromatic amines is 1. The lowest BCUT2D eigenvalue weighted by Gasteiger charge is -2.53. The van der Waals surface area contributed by atoms with Crippen LogP contribution in [0.15, 0.2) is 48.5 Å². The summed E-state index contributed by atoms with van der Waals surface area (Å²) in [6.07, 6.45) is 3.13. The highest BCUT2D eigenvalue weighted by Gasteiger charge is 2.45. The molecule has 2 amide bonds. The molecule has 4 heterocycles. The fraction of sp³-hybridized carbons (Fsp3) is 0.429. The molecule has 12 heteroatoms. The van der Waals surface area contributed by atoms with Gasteiger partial charge in [-0.25, -0.2) is 4.98 Å². The van der Waals surface area contributed by atoms with Gasteiger partial charge < -0.3 is 25.2 Å². The number of rotatable bonds is 6. The van der Waals surface area contributed by atoms with Crippen molar-refractivity contribution in [2.45, 2.75) is 44.0 Å². The maximum atomic E-state index is 13.6. The standard InChI is InChI=1S/C28H31BN6O5/c29-28(38,39)35-22-15-20(34-16-27(17-34)10-12-40-13-11-27)8-6-19(22)7-9-21(26(35)37)30-25(36)24-31-23(32-33-24)14-18-4-2-1-3-5-18/h1-6,8,15,21,38-39H,7,9-14,16-17H2,(H,30,36)(H,31,32,33). The Bertz CT molecular complexity index is 1390. The van der Waals surface area contributed by atoms with Crippen molar-refractivity contribution in [2.75, 3.05) is 36.1 Å². The molecule has 0 aliphatic carbocycles. The van der Waals surface area contributed by atoms with Gasteiger partial charge in [-0.15, -0.1) is 5.10 Å². The van der Waals surface area contributed by atoms with Crippen LogP contribution in [0.25, 0.3) is 0 Å². The van der Waals surface area contributed by atoms with Crippen LogP contribution >= 0.6 is 0 Å². The number of anilines is 2. The van der Waals surface area contributed by atoms with E-state index >= 15 is 0 Å². The lowest BCUT2D eigenvalue weighted by molar-refractivity contribution is -0.135. The minimum Gasteiger partial charge on any atom is -0.381 e. The van der Waals surface area contributed by atoms with Crippen LogP contribution in [-0.2, 0) is 22.4 Å². The van der Waals surface area contributed by atoms with Crippen molar-refractivity contribution < 1.29 is 24.5 Å². The van der Waals surface area contributed by atoms with Crippen LogP contribution in [0.4, 0.5) is 11.4 Å². The molecule has 1 unspecified atom stereocenters. The first-order valence-electron chi connectivity index (χ1n) is 13.5. The van der Waals surface area contributed by atoms with E-state index in [0.29, 0.717) is 24.4 Å². The molecule has 3 aliphatic heterocycles. The number of ether oxygens (including phenoxy) is 1. The van der Waals surface area contributed by atoms with Crippen LogP contribution in [0.5, 0.6) is 0 Å². The minimum atomic E-state index is -2.97. The van der Waals surface area contributed by atoms with Crippen LogP contribution in [-0.4, -0.2) is 83.2 Å². The molecule has 2 saturated heterocycles. The van der Waals surface area contributed by atoms with E-state index in [2.05, 4.69) is 25.4 Å². The first kappa shape index (κ1) is 26.5. The Balaban J connectivity index is 1.18. The van der Waals surface area contributed by atoms with E-state index in [4.69, 9.17) is 12.6 Å². The second-order valence-corrected chi connectivity index (χ2v) is 11.0. The highest BCUT2D eigenvalue weighted by atomic mass is 16.5. The predicted molar refractivity (Wildman–Crippen MR) is 147 cm³/mol. The Hall–Kier alpha value is -3.74. The Morgan fingerprint density at radius 2 is 1.93 bits per heavy atom. The largest absolute Gasteiger partial charge is 0.381 e. The van der Waals surface area contributed by atoms with Crippen molar-refractivity contribution in [3.05, 3.63) is 71.3 Å². The number of H-pyrrole nitrogens is 1. The fourth-order valence-corrected chi connectivity index (χ4v) is 5.89. The Kier molecular flexibility index (Phi) is 6.85. The Morgan fingerprint density at radius 1 is 1.18 bits per heavy atom. The number of aromatic nitrogens is 3. The number of hydrogen-bond acceptors (Lipinski definition) is 8. The number of aryl methyl sites for hydroxylation is 1. The molecule has 4 N–H and O–H groups in total. The van der Waals surface area contributed by atoms with E-state index in [-0.39, 0.29) is 17.7 Å². The van der Waals surface area contributed by atoms with E-state index in [1.807, 2.05) is 42.5 Å². The fourth-order valence-electron chi connectivity index (χ4n) is 5.89. The zero-order valence-corrected chi connectivity index (χ0v) is 22.0. The summed E-state index contributed by atoms with van der Waals surface area (Å²) in [6.45, 7) is 3.27. The highest BCUT2D eigenvalue weighted by molar-refractivity contribution is 6.19. The van der Waals surface area contributed by atoms with Gasteiger partial charge in [-0.3, -0.25) is 19.6 Å². The normalized spacial score (nSPS) is 20.6. The minimum absolute atomic E-state index is 0.110. The molecule has 6 rings (SSSR count). The maximum Gasteiger partial charge on any atom is 0.291 e. The number of amides is 2. The number of nitrogens with zero attached hydrogens (tertiary/aromatic N) is 4. The SMILES string of the molecule is [B]C(O)(O)N1C(=O)C(NC(=O)c2n[nH]c(Cc3ccccc3)n2)CCc2ccc(N3CC4(CCOCC4)C3)cc21. The number of nitrogens with one attached hydrogen (secondary N) is 2. The van der Waals surface area contributed by atoms with Gasteiger partial charge in [0.2, 0.25) is 5.82 Å². The average Bonchev–Trinajstić information content (AvgIpc) is 3.33. The third kappa shape index (κ3) is 5.22. The van der Waals surface area contributed by atoms with E-state index in [1.165, 1.54) is 0 Å². The molecular formula is C28H31BN6O5. The summed E-state index contributed by atoms with van der Waals surface area (Å²) < 4.78 is 5.51. The van der Waals surface area contributed by atoms with Crippen molar-refractivity contribution in [2.24, 2.45) is 5.41 Å². The summed E-state index contributed by atoms with van der Waals surface area (Å²) in [6, 6.07) is 14.2. The van der Waals surface area contributed by atoms with Gasteiger partial charge in [0.25, 0.3) is 11.8 Å². The van der Waals surface area contributed by atoms with Crippen LogP contribution < -0.4 is 15.1 Å². The lowest BCUT2D eigenvalue weighted by atomic mass is 9.73. The van der Waals surface area contributed by atoms with Crippen molar-refractivity contribution in [1.82, 2.24) is 20.5 Å². The summed E-state index contributed by atoms with van der Waals surface area (Å²) in [7, 11) is 5.70. The number of hydrogen-bond donors (Lipinski definition) is 4. The zero-order chi connectivity index (χ0) is 27.9. The first-order valence-corrected chi connectivity index (χ1v) is 13.5. The van der Waals surface area contributed by atoms with Crippen molar-refractivity contribution >= 4 is 31.0 Å². The van der Waals surface area contributed by atoms with Crippen LogP contribution in [0, 0.1) is 5.41 Å². The summed E-state index contributed by atoms with van der Waals surface area (Å²) in [5, 5.41) is 30.4. The van der Waals surface area contributed by atoms with Crippen molar-refractivity contribution in [3.63, 3.8) is 0 Å². The molecule has 3 aliphatic rings. The molecule has 40 heavy (non-hydrogen) atoms. The van der Waals surface area contributed by atoms with Gasteiger partial charge in [-0.2, -0.15) is 0 Å². The van der Waals surface area contributed by atoms with Gasteiger partial charge in [0.1, 0.15) is 11.9 Å². The molecule has 2 aromatic carbocycles. The molecule has 2 fully saturated rings. The second kappa shape index (κ2) is 10.3. The topological polar surface area (TPSA) is 144 Å². The van der Waals surface area contributed by atoms with E-state index in [9.17, 15) is 19.8 Å². The number of fused-ring (bicyclic) bond motifs is 1. The Labute approximate surface area is 233 Å². The molecule has 0 saturated carbocycles. The van der Waals surface area contributed by atoms with Gasteiger partial charge in [0.05, 0.1) is 5.69 Å². The molecular weight excluding hydrogens is 511 g/mol. The van der Waals surface area contributed by atoms with E-state index in [1.54, 1.807) is 6.07 Å². The zero-order valence-electron chi connectivity index (χ0n) is 22.0. The third-order valence-electron chi connectivity index (χ3n) is 8.09. The molecule has 1 spiro atoms. The van der Waals surface area contributed by atoms with Crippen molar-refractivity contribution in [1.29, 1.82) is 0 Å². The first-order chi connectivity index (χ1) is 19.2. The monoisotopic (exact) mass is 542 g/mol. The summed E-state index contributed by atoms with van der Waals surface area (Å²) in [5.41, 5.74) is 3.14. The molecule has 2 radical (unpaired) electrons. The molecule has 1 aromatic heterocycles. The molecule has 3 aromatic rings. The average molecular weight is 542 g/mol. The summed E-state index contributed by atoms with van der Waals surface area (Å²) in [4.78, 5) is 33.8. The van der Waals surface area contributed by atoms with Crippen molar-refractivity contribution in [3.8, 4) is 0 Å². The van der Waals surface area contributed by atoms with Gasteiger partial charge >= 0.3 is 0 Å². The van der Waals surface area contributed by atoms with Gasteiger partial charge in [0, 0.05) is 43.8 Å². The predicted octanol–water partition coefficient (Wildman–Crippen LogP) is 0.855. The van der Waals surface area contributed by atoms with Crippen LogP contribution in [0.1, 0.15) is 46.8 Å². The third-order valence-corrected chi connectivity index (χ3v) is 8.09. The quantitative estimate of drug-likeness (QED) is 0.265. The molecule has 11 nitrogen and oxygen atoms in total. The number of aliphatic hydroxyl groups is 2. The smallest absolute Gasteiger partial charge is 0.291 e. The Morgan fingerprint density at radius 3 is 2.65 bits per heavy atom. The number of carbonyl (C=O) groups is 2. The van der Waals surface area contributed by atoms with E-state index in [0.717, 1.165) is 60.9 Å². The molecule has 206 valence electrons. The second-order valence-electron chi connectivity index (χ2n) is 11.0. The highest BCUT2D eigenvalue weighted by Crippen LogP contribution is 2.43. The van der Waals surface area contributed by atoms with Crippen LogP contribution in [0.2, 0.25) is 0 Å². The van der Waals surface area contributed by atoms with Gasteiger partial charge in [0.15, 0.2) is 13.7 Å². The summed E-state index contributed by atoms with van der Waals surface area (Å²) >= 11 is 0. The number of benzene rings is 2. The summed E-state index contributed by atoms with van der Waals surface area (Å²) in [5.74, 6) is -3.96. The maximum absolute atomic E-state index is 13.6. The number of carbonyl (C=O) groups excluding carboxylic acids is 2. The lowest BCUT2D eigenvalue weighted by Crippen LogP contribution is -2.59. The molecule has 0 bridgehead atoms. The molecule has 1 atom stereocenters. The van der Waals surface area contributed by atoms with Crippen LogP contribution in [0.3, 0.4) is 0 Å². The van der Waals surface area contributed by atoms with Gasteiger partial charge in [-0.1, -0.05) is 36.4 Å².